The molecule has 1 rings (SSSR count). The number of aliphatic hydroxyl groups is 1. The van der Waals surface area contributed by atoms with Gasteiger partial charge in [-0.05, 0) is 0 Å². The van der Waals surface area contributed by atoms with E-state index in [1.165, 1.54) is 0 Å². The van der Waals surface area contributed by atoms with Crippen LogP contribution in [0.4, 0.5) is 0 Å². The number of hydrogen-bond acceptors (Lipinski definition) is 2. The van der Waals surface area contributed by atoms with E-state index in [1.54, 1.807) is 5.32 Å². The Morgan fingerprint density at radius 3 is 2.18 bits per heavy atom. The lowest BCUT2D eigenvalue weighted by molar-refractivity contribution is -0.662. The predicted molar refractivity (Wildman–Crippen MR) is 28.8 cm³/mol. The minimum absolute atomic E-state index is 0. The first-order valence-electron chi connectivity index (χ1n) is 2.96. The molecule has 0 aliphatic carbocycles. The fourth-order valence-electron chi connectivity index (χ4n) is 1.05. The van der Waals surface area contributed by atoms with Crippen LogP contribution in [0.3, 0.4) is 0 Å². The second kappa shape index (κ2) is 5.93. The lowest BCUT2D eigenvalue weighted by atomic mass is 10.2. The zero-order valence-electron chi connectivity index (χ0n) is 5.70. The number of carboxylic acid groups (broad SMARTS) is 1. The predicted octanol–water partition coefficient (Wildman–Crippen LogP) is -8.22. The molecule has 0 aromatic heterocycles. The van der Waals surface area contributed by atoms with E-state index < -0.39 is 18.1 Å². The molecule has 1 saturated heterocycles. The number of nitrogens with two attached hydrogens (primary N) is 1. The van der Waals surface area contributed by atoms with Crippen molar-refractivity contribution in [3.8, 4) is 0 Å². The Hall–Kier alpha value is 0.350. The van der Waals surface area contributed by atoms with E-state index in [4.69, 9.17) is 10.2 Å². The van der Waals surface area contributed by atoms with Crippen molar-refractivity contribution in [2.24, 2.45) is 0 Å². The molecule has 1 heterocycles. The van der Waals surface area contributed by atoms with Crippen LogP contribution in [0.5, 0.6) is 0 Å². The van der Waals surface area contributed by atoms with Crippen molar-refractivity contribution in [1.29, 1.82) is 0 Å². The summed E-state index contributed by atoms with van der Waals surface area (Å²) in [4.78, 5) is 10.2. The van der Waals surface area contributed by atoms with Crippen molar-refractivity contribution in [2.75, 3.05) is 6.54 Å². The topological polar surface area (TPSA) is 74.1 Å². The van der Waals surface area contributed by atoms with Crippen molar-refractivity contribution >= 4 is 5.97 Å². The molecule has 11 heavy (non-hydrogen) atoms. The highest BCUT2D eigenvalue weighted by molar-refractivity contribution is 5.72. The van der Waals surface area contributed by atoms with Crippen molar-refractivity contribution in [3.05, 3.63) is 0 Å². The van der Waals surface area contributed by atoms with E-state index in [1.807, 2.05) is 0 Å². The molecule has 6 heteroatoms. The van der Waals surface area contributed by atoms with E-state index in [0.29, 0.717) is 6.42 Å². The smallest absolute Gasteiger partial charge is 0.365 e. The van der Waals surface area contributed by atoms with Gasteiger partial charge in [0.25, 0.3) is 0 Å². The minimum atomic E-state index is -0.917. The molecular formula is C5H10Br2NO3-. The lowest BCUT2D eigenvalue weighted by Gasteiger charge is -2.03. The van der Waals surface area contributed by atoms with Gasteiger partial charge in [0.2, 0.25) is 6.04 Å². The second-order valence-corrected chi connectivity index (χ2v) is 2.24. The number of carbonyl (C=O) groups is 1. The Balaban J connectivity index is 0. The normalized spacial score (nSPS) is 28.5. The van der Waals surface area contributed by atoms with Gasteiger partial charge in [-0.15, -0.1) is 0 Å². The van der Waals surface area contributed by atoms with Crippen LogP contribution in [0, 0.1) is 0 Å². The van der Waals surface area contributed by atoms with Gasteiger partial charge in [-0.2, -0.15) is 0 Å². The number of halogens is 2. The fourth-order valence-corrected chi connectivity index (χ4v) is 1.05. The molecule has 0 amide bonds. The molecule has 0 bridgehead atoms. The first kappa shape index (κ1) is 13.9. The van der Waals surface area contributed by atoms with Crippen molar-refractivity contribution in [2.45, 2.75) is 18.6 Å². The Morgan fingerprint density at radius 1 is 1.45 bits per heavy atom. The van der Waals surface area contributed by atoms with Crippen LogP contribution in [0.2, 0.25) is 0 Å². The largest absolute Gasteiger partial charge is 1.00 e. The van der Waals surface area contributed by atoms with E-state index in [9.17, 15) is 4.79 Å². The molecule has 1 aliphatic rings. The molecule has 0 saturated carbocycles. The molecule has 1 fully saturated rings. The third kappa shape index (κ3) is 3.50. The number of rotatable bonds is 1. The third-order valence-corrected chi connectivity index (χ3v) is 1.58. The van der Waals surface area contributed by atoms with E-state index >= 15 is 0 Å². The third-order valence-electron chi connectivity index (χ3n) is 1.58. The van der Waals surface area contributed by atoms with Crippen molar-refractivity contribution in [1.82, 2.24) is 0 Å². The van der Waals surface area contributed by atoms with Crippen LogP contribution in [-0.4, -0.2) is 34.9 Å². The molecule has 0 spiro atoms. The number of quaternary nitrogens is 1. The standard InChI is InChI=1S/C5H9NO3.2BrH/c7-3-1-2-6-4(3)5(8)9;;/h3-4,6-7H,1-2H2,(H,8,9);2*1H/p-1/t3?,4-;;/m0../s1. The quantitative estimate of drug-likeness (QED) is 0.449. The highest BCUT2D eigenvalue weighted by Gasteiger charge is 2.34. The molecule has 0 radical (unpaired) electrons. The summed E-state index contributed by atoms with van der Waals surface area (Å²) in [5.74, 6) is -0.917. The van der Waals surface area contributed by atoms with E-state index in [0.717, 1.165) is 6.54 Å². The Morgan fingerprint density at radius 2 is 2.00 bits per heavy atom. The van der Waals surface area contributed by atoms with Gasteiger partial charge in [-0.25, -0.2) is 4.79 Å². The van der Waals surface area contributed by atoms with Gasteiger partial charge >= 0.3 is 5.97 Å². The SMILES string of the molecule is O=C(O)[C@H]1[NH2+]CCC1O.[Br-].[Br-]. The highest BCUT2D eigenvalue weighted by Crippen LogP contribution is 1.98. The summed E-state index contributed by atoms with van der Waals surface area (Å²) < 4.78 is 0. The summed E-state index contributed by atoms with van der Waals surface area (Å²) in [6.45, 7) is 0.720. The maximum Gasteiger partial charge on any atom is 0.365 e. The van der Waals surface area contributed by atoms with Crippen molar-refractivity contribution in [3.63, 3.8) is 0 Å². The van der Waals surface area contributed by atoms with Gasteiger partial charge < -0.3 is 49.5 Å². The van der Waals surface area contributed by atoms with Gasteiger partial charge in [-0.1, -0.05) is 0 Å². The fraction of sp³-hybridized carbons (Fsp3) is 0.800. The second-order valence-electron chi connectivity index (χ2n) is 2.24. The summed E-state index contributed by atoms with van der Waals surface area (Å²) in [6.07, 6.45) is -0.0563. The van der Waals surface area contributed by atoms with Gasteiger partial charge in [-0.3, -0.25) is 0 Å². The molecule has 4 N–H and O–H groups in total. The Bertz CT molecular complexity index is 133. The molecular weight excluding hydrogens is 282 g/mol. The summed E-state index contributed by atoms with van der Waals surface area (Å²) in [5, 5.41) is 19.0. The summed E-state index contributed by atoms with van der Waals surface area (Å²) in [5.41, 5.74) is 0. The zero-order chi connectivity index (χ0) is 6.85. The Labute approximate surface area is 85.5 Å². The minimum Gasteiger partial charge on any atom is -1.00 e. The van der Waals surface area contributed by atoms with Gasteiger partial charge in [0.1, 0.15) is 6.10 Å². The van der Waals surface area contributed by atoms with Gasteiger partial charge in [0.15, 0.2) is 0 Å². The van der Waals surface area contributed by atoms with E-state index in [-0.39, 0.29) is 34.0 Å². The molecule has 0 aromatic carbocycles. The summed E-state index contributed by atoms with van der Waals surface area (Å²) in [6, 6.07) is -0.620. The van der Waals surface area contributed by atoms with Crippen LogP contribution in [0.15, 0.2) is 0 Å². The first-order chi connectivity index (χ1) is 4.22. The first-order valence-corrected chi connectivity index (χ1v) is 2.96. The number of aliphatic carboxylic acids is 1. The average molecular weight is 292 g/mol. The van der Waals surface area contributed by atoms with Crippen LogP contribution in [-0.2, 0) is 4.79 Å². The monoisotopic (exact) mass is 290 g/mol. The highest BCUT2D eigenvalue weighted by atomic mass is 79.9. The van der Waals surface area contributed by atoms with Crippen LogP contribution >= 0.6 is 0 Å². The van der Waals surface area contributed by atoms with E-state index in [2.05, 4.69) is 0 Å². The van der Waals surface area contributed by atoms with Crippen LogP contribution in [0.25, 0.3) is 0 Å². The molecule has 1 aliphatic heterocycles. The maximum absolute atomic E-state index is 10.2. The summed E-state index contributed by atoms with van der Waals surface area (Å²) >= 11 is 0. The molecule has 0 aromatic rings. The number of hydrogen-bond donors (Lipinski definition) is 3. The van der Waals surface area contributed by atoms with Crippen LogP contribution < -0.4 is 39.3 Å². The van der Waals surface area contributed by atoms with Gasteiger partial charge in [0.05, 0.1) is 6.54 Å². The molecule has 1 unspecified atom stereocenters. The number of carboxylic acids is 1. The maximum atomic E-state index is 10.2. The average Bonchev–Trinajstić information content (AvgIpc) is 2.13. The molecule has 68 valence electrons. The van der Waals surface area contributed by atoms with Gasteiger partial charge in [0, 0.05) is 6.42 Å². The lowest BCUT2D eigenvalue weighted by Crippen LogP contribution is -3.00. The Kier molecular flexibility index (Phi) is 7.50. The molecule has 4 nitrogen and oxygen atoms in total. The van der Waals surface area contributed by atoms with Crippen LogP contribution in [0.1, 0.15) is 6.42 Å². The summed E-state index contributed by atoms with van der Waals surface area (Å²) in [7, 11) is 0. The van der Waals surface area contributed by atoms with Crippen molar-refractivity contribution < 1.29 is 54.3 Å². The molecule has 2 atom stereocenters. The number of aliphatic hydroxyl groups excluding tert-OH is 1. The zero-order valence-corrected chi connectivity index (χ0v) is 8.88.